The Labute approximate surface area is 111 Å². The zero-order valence-electron chi connectivity index (χ0n) is 10.6. The molecule has 4 nitrogen and oxygen atoms in total. The van der Waals surface area contributed by atoms with Gasteiger partial charge in [0.25, 0.3) is 0 Å². The van der Waals surface area contributed by atoms with E-state index in [-0.39, 0.29) is 0 Å². The van der Waals surface area contributed by atoms with Crippen molar-refractivity contribution in [2.75, 3.05) is 5.73 Å². The quantitative estimate of drug-likeness (QED) is 0.760. The van der Waals surface area contributed by atoms with Gasteiger partial charge in [0.1, 0.15) is 0 Å². The van der Waals surface area contributed by atoms with Crippen molar-refractivity contribution in [3.8, 4) is 17.1 Å². The second-order valence-corrected chi connectivity index (χ2v) is 4.41. The van der Waals surface area contributed by atoms with Crippen molar-refractivity contribution in [3.63, 3.8) is 0 Å². The van der Waals surface area contributed by atoms with E-state index in [9.17, 15) is 0 Å². The first-order valence-electron chi connectivity index (χ1n) is 6.09. The summed E-state index contributed by atoms with van der Waals surface area (Å²) in [5, 5.41) is 4.46. The Morgan fingerprint density at radius 2 is 1.63 bits per heavy atom. The number of benzene rings is 2. The average Bonchev–Trinajstić information content (AvgIpc) is 2.83. The van der Waals surface area contributed by atoms with E-state index >= 15 is 0 Å². The van der Waals surface area contributed by atoms with Crippen LogP contribution in [0, 0.1) is 6.92 Å². The van der Waals surface area contributed by atoms with Gasteiger partial charge in [-0.2, -0.15) is 9.67 Å². The van der Waals surface area contributed by atoms with E-state index in [0.29, 0.717) is 11.8 Å². The van der Waals surface area contributed by atoms with E-state index < -0.39 is 0 Å². The van der Waals surface area contributed by atoms with Gasteiger partial charge in [0.05, 0.1) is 5.69 Å². The molecule has 3 rings (SSSR count). The molecule has 1 aromatic heterocycles. The number of rotatable bonds is 2. The topological polar surface area (TPSA) is 56.7 Å². The van der Waals surface area contributed by atoms with E-state index in [1.807, 2.05) is 61.5 Å². The summed E-state index contributed by atoms with van der Waals surface area (Å²) in [5.41, 5.74) is 9.01. The molecule has 0 spiro atoms. The fourth-order valence-electron chi connectivity index (χ4n) is 1.91. The van der Waals surface area contributed by atoms with E-state index in [4.69, 9.17) is 5.73 Å². The zero-order valence-corrected chi connectivity index (χ0v) is 10.6. The Morgan fingerprint density at radius 1 is 0.947 bits per heavy atom. The molecule has 2 N–H and O–H groups in total. The summed E-state index contributed by atoms with van der Waals surface area (Å²) in [5.74, 6) is 1.03. The molecule has 94 valence electrons. The van der Waals surface area contributed by atoms with Gasteiger partial charge < -0.3 is 5.73 Å². The smallest absolute Gasteiger partial charge is 0.223 e. The molecule has 0 atom stereocenters. The van der Waals surface area contributed by atoms with Crippen molar-refractivity contribution < 1.29 is 0 Å². The van der Waals surface area contributed by atoms with Gasteiger partial charge in [0.15, 0.2) is 5.82 Å². The third-order valence-corrected chi connectivity index (χ3v) is 2.94. The second kappa shape index (κ2) is 4.57. The molecular weight excluding hydrogens is 236 g/mol. The maximum absolute atomic E-state index is 5.93. The molecule has 2 aromatic carbocycles. The summed E-state index contributed by atoms with van der Waals surface area (Å²) in [4.78, 5) is 4.32. The fourth-order valence-corrected chi connectivity index (χ4v) is 1.91. The Kier molecular flexibility index (Phi) is 2.76. The van der Waals surface area contributed by atoms with Crippen molar-refractivity contribution in [2.45, 2.75) is 6.92 Å². The molecule has 0 unspecified atom stereocenters. The van der Waals surface area contributed by atoms with Gasteiger partial charge in [-0.3, -0.25) is 0 Å². The van der Waals surface area contributed by atoms with Gasteiger partial charge in [-0.05, 0) is 19.1 Å². The van der Waals surface area contributed by atoms with E-state index in [1.165, 1.54) is 5.56 Å². The van der Waals surface area contributed by atoms with E-state index in [1.54, 1.807) is 4.68 Å². The van der Waals surface area contributed by atoms with Crippen LogP contribution in [0.2, 0.25) is 0 Å². The van der Waals surface area contributed by atoms with E-state index in [2.05, 4.69) is 10.1 Å². The Morgan fingerprint density at radius 3 is 2.32 bits per heavy atom. The number of nitrogens with zero attached hydrogens (tertiary/aromatic N) is 3. The van der Waals surface area contributed by atoms with Gasteiger partial charge in [-0.15, -0.1) is 5.10 Å². The van der Waals surface area contributed by atoms with Crippen LogP contribution in [0.25, 0.3) is 17.1 Å². The summed E-state index contributed by atoms with van der Waals surface area (Å²) >= 11 is 0. The van der Waals surface area contributed by atoms with Gasteiger partial charge in [-0.25, -0.2) is 0 Å². The van der Waals surface area contributed by atoms with Crippen LogP contribution >= 0.6 is 0 Å². The van der Waals surface area contributed by atoms with Crippen LogP contribution in [0.3, 0.4) is 0 Å². The molecule has 0 saturated carbocycles. The number of aryl methyl sites for hydroxylation is 1. The van der Waals surface area contributed by atoms with Crippen LogP contribution in [0.5, 0.6) is 0 Å². The molecule has 0 saturated heterocycles. The first-order chi connectivity index (χ1) is 9.24. The van der Waals surface area contributed by atoms with Crippen molar-refractivity contribution >= 4 is 5.95 Å². The van der Waals surface area contributed by atoms with E-state index in [0.717, 1.165) is 11.3 Å². The summed E-state index contributed by atoms with van der Waals surface area (Å²) in [6.45, 7) is 2.05. The number of anilines is 1. The molecule has 1 heterocycles. The molecule has 0 aliphatic heterocycles. The lowest BCUT2D eigenvalue weighted by atomic mass is 10.1. The lowest BCUT2D eigenvalue weighted by Gasteiger charge is -2.00. The van der Waals surface area contributed by atoms with Gasteiger partial charge in [-0.1, -0.05) is 48.0 Å². The third kappa shape index (κ3) is 2.20. The highest BCUT2D eigenvalue weighted by atomic mass is 15.4. The standard InChI is InChI=1S/C15H14N4/c1-11-7-9-12(10-8-11)14-17-15(16)19(18-14)13-5-3-2-4-6-13/h2-10H,1H3,(H2,16,17,18). The molecule has 0 aliphatic carbocycles. The Hall–Kier alpha value is -2.62. The van der Waals surface area contributed by atoms with Gasteiger partial charge in [0.2, 0.25) is 5.95 Å². The summed E-state index contributed by atoms with van der Waals surface area (Å²) in [6.07, 6.45) is 0. The maximum Gasteiger partial charge on any atom is 0.223 e. The first kappa shape index (κ1) is 11.5. The normalized spacial score (nSPS) is 10.6. The molecule has 0 fully saturated rings. The fraction of sp³-hybridized carbons (Fsp3) is 0.0667. The van der Waals surface area contributed by atoms with Crippen molar-refractivity contribution in [3.05, 3.63) is 60.2 Å². The van der Waals surface area contributed by atoms with Gasteiger partial charge >= 0.3 is 0 Å². The second-order valence-electron chi connectivity index (χ2n) is 4.41. The van der Waals surface area contributed by atoms with Crippen LogP contribution in [0.15, 0.2) is 54.6 Å². The number of aromatic nitrogens is 3. The summed E-state index contributed by atoms with van der Waals surface area (Å²) in [6, 6.07) is 17.8. The predicted molar refractivity (Wildman–Crippen MR) is 75.9 cm³/mol. The van der Waals surface area contributed by atoms with Crippen LogP contribution in [-0.4, -0.2) is 14.8 Å². The number of hydrogen-bond donors (Lipinski definition) is 1. The molecule has 4 heteroatoms. The van der Waals surface area contributed by atoms with Crippen molar-refractivity contribution in [1.82, 2.24) is 14.8 Å². The van der Waals surface area contributed by atoms with Crippen LogP contribution < -0.4 is 5.73 Å². The summed E-state index contributed by atoms with van der Waals surface area (Å²) in [7, 11) is 0. The van der Waals surface area contributed by atoms with Crippen LogP contribution in [-0.2, 0) is 0 Å². The summed E-state index contributed by atoms with van der Waals surface area (Å²) < 4.78 is 1.65. The van der Waals surface area contributed by atoms with Crippen molar-refractivity contribution in [1.29, 1.82) is 0 Å². The van der Waals surface area contributed by atoms with Gasteiger partial charge in [0, 0.05) is 5.56 Å². The molecule has 0 radical (unpaired) electrons. The lowest BCUT2D eigenvalue weighted by Crippen LogP contribution is -2.01. The highest BCUT2D eigenvalue weighted by molar-refractivity contribution is 5.57. The number of nitrogen functional groups attached to an aromatic ring is 1. The van der Waals surface area contributed by atoms with Crippen LogP contribution in [0.4, 0.5) is 5.95 Å². The average molecular weight is 250 g/mol. The molecule has 0 bridgehead atoms. The lowest BCUT2D eigenvalue weighted by molar-refractivity contribution is 0.894. The minimum atomic E-state index is 0.391. The first-order valence-corrected chi connectivity index (χ1v) is 6.09. The van der Waals surface area contributed by atoms with Crippen molar-refractivity contribution in [2.24, 2.45) is 0 Å². The minimum absolute atomic E-state index is 0.391. The predicted octanol–water partition coefficient (Wildman–Crippen LogP) is 2.82. The molecule has 3 aromatic rings. The third-order valence-electron chi connectivity index (χ3n) is 2.94. The number of nitrogens with two attached hydrogens (primary N) is 1. The highest BCUT2D eigenvalue weighted by Gasteiger charge is 2.09. The largest absolute Gasteiger partial charge is 0.368 e. The maximum atomic E-state index is 5.93. The zero-order chi connectivity index (χ0) is 13.2. The molecule has 19 heavy (non-hydrogen) atoms. The Bertz CT molecular complexity index is 684. The minimum Gasteiger partial charge on any atom is -0.368 e. The SMILES string of the molecule is Cc1ccc(-c2nc(N)n(-c3ccccc3)n2)cc1. The molecular formula is C15H14N4. The Balaban J connectivity index is 2.04. The highest BCUT2D eigenvalue weighted by Crippen LogP contribution is 2.19. The number of hydrogen-bond acceptors (Lipinski definition) is 3. The number of para-hydroxylation sites is 1. The molecule has 0 aliphatic rings. The monoisotopic (exact) mass is 250 g/mol. The molecule has 0 amide bonds. The van der Waals surface area contributed by atoms with Crippen LogP contribution in [0.1, 0.15) is 5.56 Å².